The first-order valence-corrected chi connectivity index (χ1v) is 19.5. The summed E-state index contributed by atoms with van der Waals surface area (Å²) < 4.78 is 58.4. The fourth-order valence-corrected chi connectivity index (χ4v) is 7.62. The maximum absolute atomic E-state index is 13.8. The van der Waals surface area contributed by atoms with E-state index in [9.17, 15) is 9.36 Å². The van der Waals surface area contributed by atoms with Crippen molar-refractivity contribution in [1.82, 2.24) is 0 Å². The van der Waals surface area contributed by atoms with Crippen molar-refractivity contribution in [3.05, 3.63) is 107 Å². The number of aryl methyl sites for hydroxylation is 2. The third kappa shape index (κ3) is 11.8. The van der Waals surface area contributed by atoms with Crippen molar-refractivity contribution < 1.29 is 46.8 Å². The van der Waals surface area contributed by atoms with Gasteiger partial charge in [0.15, 0.2) is 28.8 Å². The second-order valence-corrected chi connectivity index (χ2v) is 14.3. The third-order valence-corrected chi connectivity index (χ3v) is 10.7. The molecule has 4 aromatic rings. The largest absolute Gasteiger partial charge is 0.493 e. The molecule has 0 fully saturated rings. The Morgan fingerprint density at radius 2 is 1.33 bits per heavy atom. The minimum absolute atomic E-state index is 0.101. The molecule has 1 unspecified atom stereocenters. The number of hydrogen-bond donors (Lipinski definition) is 1. The Hall–Kier alpha value is -4.96. The van der Waals surface area contributed by atoms with Crippen LogP contribution in [0.25, 0.3) is 12.2 Å². The molecule has 0 aromatic heterocycles. The molecule has 54 heavy (non-hydrogen) atoms. The molecule has 0 amide bonds. The Labute approximate surface area is 319 Å². The fraction of sp³-hybridized carbons (Fsp3) is 0.357. The van der Waals surface area contributed by atoms with Gasteiger partial charge in [0.1, 0.15) is 13.2 Å². The SMILES string of the molecule is CCOP(=O)(OCC)C(Nc1ccc(CCCC(=O)OCCOc2cc(/C=C\c3cc(OC)c(OC)c(OC)c3)ccc2OC)cc1)c1ccc(C)cc1. The quantitative estimate of drug-likeness (QED) is 0.0357. The number of ether oxygens (including phenoxy) is 6. The van der Waals surface area contributed by atoms with Crippen molar-refractivity contribution in [3.8, 4) is 28.7 Å². The van der Waals surface area contributed by atoms with Crippen molar-refractivity contribution in [2.75, 3.05) is 60.2 Å². The van der Waals surface area contributed by atoms with Crippen molar-refractivity contribution in [3.63, 3.8) is 0 Å². The molecule has 0 aliphatic rings. The first kappa shape index (κ1) is 41.8. The molecule has 11 nitrogen and oxygen atoms in total. The second-order valence-electron chi connectivity index (χ2n) is 12.2. The van der Waals surface area contributed by atoms with E-state index in [1.54, 1.807) is 42.3 Å². The summed E-state index contributed by atoms with van der Waals surface area (Å²) in [4.78, 5) is 12.5. The lowest BCUT2D eigenvalue weighted by Gasteiger charge is -2.28. The van der Waals surface area contributed by atoms with Crippen LogP contribution >= 0.6 is 7.60 Å². The molecule has 0 bridgehead atoms. The molecule has 0 aliphatic carbocycles. The Balaban J connectivity index is 1.26. The number of methoxy groups -OCH3 is 4. The van der Waals surface area contributed by atoms with Crippen LogP contribution in [0.4, 0.5) is 5.69 Å². The first-order chi connectivity index (χ1) is 26.2. The molecule has 0 saturated heterocycles. The van der Waals surface area contributed by atoms with Gasteiger partial charge in [-0.3, -0.25) is 9.36 Å². The molecule has 0 aliphatic heterocycles. The summed E-state index contributed by atoms with van der Waals surface area (Å²) in [5, 5.41) is 3.38. The van der Waals surface area contributed by atoms with Crippen molar-refractivity contribution >= 4 is 31.4 Å². The van der Waals surface area contributed by atoms with Crippen LogP contribution in [0.2, 0.25) is 0 Å². The predicted molar refractivity (Wildman–Crippen MR) is 212 cm³/mol. The van der Waals surface area contributed by atoms with E-state index in [4.69, 9.17) is 37.5 Å². The first-order valence-electron chi connectivity index (χ1n) is 17.9. The fourth-order valence-electron chi connectivity index (χ4n) is 5.68. The maximum atomic E-state index is 13.8. The van der Waals surface area contributed by atoms with E-state index in [-0.39, 0.29) is 38.8 Å². The van der Waals surface area contributed by atoms with Gasteiger partial charge in [0.05, 0.1) is 41.7 Å². The smallest absolute Gasteiger partial charge is 0.357 e. The maximum Gasteiger partial charge on any atom is 0.357 e. The summed E-state index contributed by atoms with van der Waals surface area (Å²) in [6, 6.07) is 25.0. The van der Waals surface area contributed by atoms with Gasteiger partial charge in [-0.05, 0) is 92.3 Å². The topological polar surface area (TPSA) is 120 Å². The standard InChI is InChI=1S/C42H52NO10P/c1-8-52-54(45,53-9-2)42(34-20-13-30(3)14-21-34)43-35-22-17-31(18-23-35)11-10-12-40(44)51-26-25-50-37-27-32(19-24-36(37)46-4)15-16-33-28-38(47-5)41(49-7)39(29-33)48-6/h13-24,27-29,42-43H,8-12,25-26H2,1-7H3/b16-15-. The lowest BCUT2D eigenvalue weighted by molar-refractivity contribution is -0.144. The van der Waals surface area contributed by atoms with Gasteiger partial charge in [-0.2, -0.15) is 0 Å². The zero-order valence-corrected chi connectivity index (χ0v) is 33.1. The van der Waals surface area contributed by atoms with Crippen molar-refractivity contribution in [2.24, 2.45) is 0 Å². The molecule has 0 spiro atoms. The number of carbonyl (C=O) groups is 1. The van der Waals surface area contributed by atoms with Crippen LogP contribution in [0.1, 0.15) is 60.3 Å². The highest BCUT2D eigenvalue weighted by Gasteiger charge is 2.37. The van der Waals surface area contributed by atoms with Crippen molar-refractivity contribution in [1.29, 1.82) is 0 Å². The van der Waals surface area contributed by atoms with Crippen LogP contribution in [0.15, 0.2) is 78.9 Å². The number of esters is 1. The summed E-state index contributed by atoms with van der Waals surface area (Å²) in [6.07, 6.45) is 5.44. The van der Waals surface area contributed by atoms with Gasteiger partial charge >= 0.3 is 13.6 Å². The second kappa shape index (κ2) is 21.1. The van der Waals surface area contributed by atoms with Crippen molar-refractivity contribution in [2.45, 2.75) is 45.8 Å². The lowest BCUT2D eigenvalue weighted by atomic mass is 10.1. The summed E-state index contributed by atoms with van der Waals surface area (Å²) in [6.45, 7) is 6.39. The van der Waals surface area contributed by atoms with Crippen LogP contribution < -0.4 is 29.0 Å². The van der Waals surface area contributed by atoms with Crippen LogP contribution in [-0.4, -0.2) is 60.8 Å². The molecule has 12 heteroatoms. The minimum Gasteiger partial charge on any atom is -0.493 e. The van der Waals surface area contributed by atoms with E-state index in [0.717, 1.165) is 33.5 Å². The molecule has 1 atom stereocenters. The van der Waals surface area contributed by atoms with Gasteiger partial charge in [-0.25, -0.2) is 0 Å². The molecular formula is C42H52NO10P. The van der Waals surface area contributed by atoms with Crippen LogP contribution in [0.5, 0.6) is 28.7 Å². The Bertz CT molecular complexity index is 1830. The predicted octanol–water partition coefficient (Wildman–Crippen LogP) is 9.52. The summed E-state index contributed by atoms with van der Waals surface area (Å²) in [7, 11) is 2.77. The molecule has 4 rings (SSSR count). The summed E-state index contributed by atoms with van der Waals surface area (Å²) >= 11 is 0. The van der Waals surface area contributed by atoms with E-state index in [1.165, 1.54) is 0 Å². The zero-order chi connectivity index (χ0) is 38.9. The van der Waals surface area contributed by atoms with Crippen LogP contribution in [0, 0.1) is 6.92 Å². The highest BCUT2D eigenvalue weighted by atomic mass is 31.2. The van der Waals surface area contributed by atoms with E-state index >= 15 is 0 Å². The summed E-state index contributed by atoms with van der Waals surface area (Å²) in [5.41, 5.74) is 5.49. The lowest BCUT2D eigenvalue weighted by Crippen LogP contribution is -2.15. The number of carbonyl (C=O) groups excluding carboxylic acids is 1. The van der Waals surface area contributed by atoms with Gasteiger partial charge in [0.2, 0.25) is 5.75 Å². The zero-order valence-electron chi connectivity index (χ0n) is 32.2. The number of benzene rings is 4. The third-order valence-electron chi connectivity index (χ3n) is 8.38. The van der Waals surface area contributed by atoms with Gasteiger partial charge in [-0.15, -0.1) is 0 Å². The van der Waals surface area contributed by atoms with E-state index in [2.05, 4.69) is 5.32 Å². The molecule has 4 aromatic carbocycles. The van der Waals surface area contributed by atoms with Crippen LogP contribution in [0.3, 0.4) is 0 Å². The summed E-state index contributed by atoms with van der Waals surface area (Å²) in [5.74, 6) is 1.77. The van der Waals surface area contributed by atoms with Gasteiger partial charge < -0.3 is 42.8 Å². The normalized spacial score (nSPS) is 11.9. The molecule has 0 saturated carbocycles. The molecule has 0 radical (unpaired) electrons. The monoisotopic (exact) mass is 761 g/mol. The Morgan fingerprint density at radius 3 is 1.93 bits per heavy atom. The van der Waals surface area contributed by atoms with E-state index < -0.39 is 13.4 Å². The molecule has 0 heterocycles. The average Bonchev–Trinajstić information content (AvgIpc) is 3.18. The van der Waals surface area contributed by atoms with Crippen LogP contribution in [-0.2, 0) is 29.6 Å². The van der Waals surface area contributed by atoms with Gasteiger partial charge in [0, 0.05) is 12.1 Å². The minimum atomic E-state index is -3.52. The molecule has 290 valence electrons. The number of hydrogen-bond acceptors (Lipinski definition) is 11. The van der Waals surface area contributed by atoms with Gasteiger partial charge in [0.25, 0.3) is 0 Å². The molecule has 1 N–H and O–H groups in total. The Morgan fingerprint density at radius 1 is 0.722 bits per heavy atom. The number of anilines is 1. The highest BCUT2D eigenvalue weighted by Crippen LogP contribution is 2.60. The van der Waals surface area contributed by atoms with E-state index in [0.29, 0.717) is 41.6 Å². The average molecular weight is 762 g/mol. The highest BCUT2D eigenvalue weighted by molar-refractivity contribution is 7.54. The number of nitrogens with one attached hydrogen (secondary N) is 1. The van der Waals surface area contributed by atoms with E-state index in [1.807, 2.05) is 97.9 Å². The molecular weight excluding hydrogens is 709 g/mol. The Kier molecular flexibility index (Phi) is 16.3. The van der Waals surface area contributed by atoms with Gasteiger partial charge in [-0.1, -0.05) is 60.2 Å². The number of rotatable bonds is 22.